The summed E-state index contributed by atoms with van der Waals surface area (Å²) in [5.74, 6) is 0.552. The number of rotatable bonds is 2. The predicted molar refractivity (Wildman–Crippen MR) is 84.8 cm³/mol. The molecular weight excluding hydrogens is 390 g/mol. The number of nitrogens with zero attached hydrogens (tertiary/aromatic N) is 2. The van der Waals surface area contributed by atoms with Crippen LogP contribution in [0.15, 0.2) is 32.1 Å². The maximum absolute atomic E-state index is 11.3. The van der Waals surface area contributed by atoms with Gasteiger partial charge in [0, 0.05) is 15.5 Å². The van der Waals surface area contributed by atoms with Crippen LogP contribution in [0.25, 0.3) is 0 Å². The van der Waals surface area contributed by atoms with Crippen molar-refractivity contribution in [1.29, 1.82) is 0 Å². The minimum Gasteiger partial charge on any atom is -0.453 e. The Hall–Kier alpha value is -1.08. The number of halogens is 2. The standard InChI is InChI=1S/C13H15Br2N3O2/c1-3-18-10(7-16-12(18)17-13(19)20-2)8-5-4-6-9(14)11(8)15/h4-6,10H,3,7H2,1-2H3,(H,16,17,19). The van der Waals surface area contributed by atoms with Crippen molar-refractivity contribution < 1.29 is 9.53 Å². The molecule has 0 aromatic heterocycles. The number of carbonyl (C=O) groups excluding carboxylic acids is 1. The van der Waals surface area contributed by atoms with Crippen molar-refractivity contribution in [3.05, 3.63) is 32.7 Å². The van der Waals surface area contributed by atoms with Crippen molar-refractivity contribution in [2.75, 3.05) is 20.2 Å². The number of amides is 1. The molecule has 1 aromatic rings. The molecule has 7 heteroatoms. The molecule has 20 heavy (non-hydrogen) atoms. The second-order valence-corrected chi connectivity index (χ2v) is 5.87. The van der Waals surface area contributed by atoms with E-state index in [2.05, 4.69) is 53.0 Å². The first kappa shape index (κ1) is 15.3. The van der Waals surface area contributed by atoms with Crippen LogP contribution in [0.3, 0.4) is 0 Å². The summed E-state index contributed by atoms with van der Waals surface area (Å²) in [7, 11) is 1.34. The average Bonchev–Trinajstić information content (AvgIpc) is 2.84. The van der Waals surface area contributed by atoms with Crippen molar-refractivity contribution in [1.82, 2.24) is 10.2 Å². The highest BCUT2D eigenvalue weighted by atomic mass is 79.9. The number of methoxy groups -OCH3 is 1. The van der Waals surface area contributed by atoms with Crippen LogP contribution in [0.2, 0.25) is 0 Å². The Morgan fingerprint density at radius 2 is 2.30 bits per heavy atom. The Balaban J connectivity index is 2.23. The maximum Gasteiger partial charge on any atom is 0.413 e. The smallest absolute Gasteiger partial charge is 0.413 e. The van der Waals surface area contributed by atoms with E-state index in [1.54, 1.807) is 0 Å². The monoisotopic (exact) mass is 403 g/mol. The lowest BCUT2D eigenvalue weighted by Gasteiger charge is -2.27. The van der Waals surface area contributed by atoms with Crippen LogP contribution in [-0.4, -0.2) is 37.2 Å². The third kappa shape index (κ3) is 2.98. The lowest BCUT2D eigenvalue weighted by molar-refractivity contribution is 0.175. The van der Waals surface area contributed by atoms with Crippen molar-refractivity contribution in [2.24, 2.45) is 4.99 Å². The van der Waals surface area contributed by atoms with Crippen LogP contribution in [0, 0.1) is 0 Å². The summed E-state index contributed by atoms with van der Waals surface area (Å²) in [5, 5.41) is 2.65. The normalized spacial score (nSPS) is 17.9. The number of carbonyl (C=O) groups is 1. The lowest BCUT2D eigenvalue weighted by Crippen LogP contribution is -2.42. The zero-order valence-electron chi connectivity index (χ0n) is 11.2. The molecule has 1 N–H and O–H groups in total. The van der Waals surface area contributed by atoms with Gasteiger partial charge in [-0.15, -0.1) is 0 Å². The largest absolute Gasteiger partial charge is 0.453 e. The van der Waals surface area contributed by atoms with Crippen LogP contribution in [0.5, 0.6) is 0 Å². The zero-order chi connectivity index (χ0) is 14.7. The second-order valence-electron chi connectivity index (χ2n) is 4.23. The van der Waals surface area contributed by atoms with Gasteiger partial charge in [-0.25, -0.2) is 4.79 Å². The molecule has 0 fully saturated rings. The highest BCUT2D eigenvalue weighted by Gasteiger charge is 2.30. The second kappa shape index (κ2) is 6.58. The van der Waals surface area contributed by atoms with E-state index < -0.39 is 6.09 Å². The summed E-state index contributed by atoms with van der Waals surface area (Å²) in [6, 6.07) is 6.12. The lowest BCUT2D eigenvalue weighted by atomic mass is 10.1. The molecule has 0 aliphatic carbocycles. The summed E-state index contributed by atoms with van der Waals surface area (Å²) in [4.78, 5) is 17.8. The van der Waals surface area contributed by atoms with Gasteiger partial charge in [0.15, 0.2) is 0 Å². The molecule has 0 saturated heterocycles. The van der Waals surface area contributed by atoms with Gasteiger partial charge in [-0.05, 0) is 50.4 Å². The van der Waals surface area contributed by atoms with Gasteiger partial charge >= 0.3 is 6.09 Å². The predicted octanol–water partition coefficient (Wildman–Crippen LogP) is 3.30. The molecule has 1 amide bonds. The molecule has 1 aliphatic rings. The first-order valence-electron chi connectivity index (χ1n) is 6.18. The molecule has 1 heterocycles. The van der Waals surface area contributed by atoms with Gasteiger partial charge in [0.25, 0.3) is 0 Å². The number of hydrogen-bond acceptors (Lipinski definition) is 4. The summed E-state index contributed by atoms with van der Waals surface area (Å²) in [5.41, 5.74) is 1.13. The number of hydrogen-bond donors (Lipinski definition) is 1. The Morgan fingerprint density at radius 3 is 2.95 bits per heavy atom. The molecule has 1 unspecified atom stereocenters. The fourth-order valence-corrected chi connectivity index (χ4v) is 3.09. The third-order valence-electron chi connectivity index (χ3n) is 3.14. The molecule has 2 rings (SSSR count). The van der Waals surface area contributed by atoms with Gasteiger partial charge in [-0.2, -0.15) is 0 Å². The van der Waals surface area contributed by atoms with Gasteiger partial charge in [0.1, 0.15) is 0 Å². The topological polar surface area (TPSA) is 53.9 Å². The molecule has 108 valence electrons. The number of likely N-dealkylation sites (N-methyl/N-ethyl adjacent to an activating group) is 1. The highest BCUT2D eigenvalue weighted by molar-refractivity contribution is 9.13. The van der Waals surface area contributed by atoms with Crippen LogP contribution in [0.4, 0.5) is 4.79 Å². The van der Waals surface area contributed by atoms with E-state index in [4.69, 9.17) is 0 Å². The van der Waals surface area contributed by atoms with Crippen LogP contribution >= 0.6 is 31.9 Å². The van der Waals surface area contributed by atoms with Crippen LogP contribution < -0.4 is 5.32 Å². The number of guanidine groups is 1. The molecule has 0 bridgehead atoms. The van der Waals surface area contributed by atoms with Crippen molar-refractivity contribution in [2.45, 2.75) is 13.0 Å². The van der Waals surface area contributed by atoms with Crippen LogP contribution in [0.1, 0.15) is 18.5 Å². The fourth-order valence-electron chi connectivity index (χ4n) is 2.18. The number of nitrogens with one attached hydrogen (secondary N) is 1. The van der Waals surface area contributed by atoms with Crippen molar-refractivity contribution in [3.63, 3.8) is 0 Å². The van der Waals surface area contributed by atoms with E-state index in [9.17, 15) is 4.79 Å². The molecular formula is C13H15Br2N3O2. The molecule has 5 nitrogen and oxygen atoms in total. The molecule has 1 aromatic carbocycles. The van der Waals surface area contributed by atoms with Crippen molar-refractivity contribution >= 4 is 43.9 Å². The molecule has 0 saturated carbocycles. The van der Waals surface area contributed by atoms with E-state index in [1.165, 1.54) is 7.11 Å². The zero-order valence-corrected chi connectivity index (χ0v) is 14.4. The molecule has 1 aliphatic heterocycles. The Kier molecular flexibility index (Phi) is 5.04. The van der Waals surface area contributed by atoms with Gasteiger partial charge in [-0.3, -0.25) is 10.3 Å². The number of ether oxygens (including phenoxy) is 1. The van der Waals surface area contributed by atoms with E-state index in [-0.39, 0.29) is 6.04 Å². The highest BCUT2D eigenvalue weighted by Crippen LogP contribution is 2.35. The first-order chi connectivity index (χ1) is 9.58. The minimum atomic E-state index is -0.504. The SMILES string of the molecule is CCN1C(NC(=O)OC)=NCC1c1cccc(Br)c1Br. The average molecular weight is 405 g/mol. The Bertz CT molecular complexity index is 548. The van der Waals surface area contributed by atoms with Gasteiger partial charge in [0.05, 0.1) is 19.7 Å². The summed E-state index contributed by atoms with van der Waals surface area (Å²) in [6.45, 7) is 3.37. The fraction of sp³-hybridized carbons (Fsp3) is 0.385. The third-order valence-corrected chi connectivity index (χ3v) is 5.22. The number of aliphatic imine (C=N–C) groups is 1. The first-order valence-corrected chi connectivity index (χ1v) is 7.77. The Morgan fingerprint density at radius 1 is 1.55 bits per heavy atom. The van der Waals surface area contributed by atoms with Gasteiger partial charge in [-0.1, -0.05) is 12.1 Å². The Labute approximate surface area is 134 Å². The van der Waals surface area contributed by atoms with Crippen LogP contribution in [-0.2, 0) is 4.74 Å². The molecule has 0 radical (unpaired) electrons. The van der Waals surface area contributed by atoms with E-state index in [0.29, 0.717) is 12.5 Å². The van der Waals surface area contributed by atoms with Gasteiger partial charge in [0.2, 0.25) is 5.96 Å². The summed E-state index contributed by atoms with van der Waals surface area (Å²) in [6.07, 6.45) is -0.504. The van der Waals surface area contributed by atoms with E-state index in [0.717, 1.165) is 21.1 Å². The molecule has 1 atom stereocenters. The van der Waals surface area contributed by atoms with Gasteiger partial charge < -0.3 is 9.64 Å². The minimum absolute atomic E-state index is 0.0963. The van der Waals surface area contributed by atoms with E-state index >= 15 is 0 Å². The summed E-state index contributed by atoms with van der Waals surface area (Å²) < 4.78 is 6.63. The van der Waals surface area contributed by atoms with Crippen molar-refractivity contribution in [3.8, 4) is 0 Å². The maximum atomic E-state index is 11.3. The summed E-state index contributed by atoms with van der Waals surface area (Å²) >= 11 is 7.10. The molecule has 0 spiro atoms. The quantitative estimate of drug-likeness (QED) is 0.822. The van der Waals surface area contributed by atoms with E-state index in [1.807, 2.05) is 24.0 Å². The number of benzene rings is 1. The number of alkyl carbamates (subject to hydrolysis) is 1.